The summed E-state index contributed by atoms with van der Waals surface area (Å²) in [6.07, 6.45) is -4.85. The zero-order valence-corrected chi connectivity index (χ0v) is 11.7. The molecule has 0 aliphatic carbocycles. The Labute approximate surface area is 122 Å². The summed E-state index contributed by atoms with van der Waals surface area (Å²) in [7, 11) is -3.81. The average molecular weight is 348 g/mol. The second kappa shape index (κ2) is 6.03. The van der Waals surface area contributed by atoms with E-state index in [4.69, 9.17) is 16.7 Å². The van der Waals surface area contributed by atoms with Crippen molar-refractivity contribution in [2.24, 2.45) is 5.14 Å². The van der Waals surface area contributed by atoms with E-state index >= 15 is 0 Å². The number of nitro benzene ring substituents is 1. The summed E-state index contributed by atoms with van der Waals surface area (Å²) in [6, 6.07) is 0.993. The van der Waals surface area contributed by atoms with Crippen LogP contribution in [0.1, 0.15) is 5.56 Å². The molecule has 3 N–H and O–H groups in total. The number of sulfonamides is 1. The molecule has 12 heteroatoms. The lowest BCUT2D eigenvalue weighted by molar-refractivity contribution is -0.384. The van der Waals surface area contributed by atoms with Gasteiger partial charge in [-0.3, -0.25) is 10.1 Å². The Bertz CT molecular complexity index is 663. The van der Waals surface area contributed by atoms with Crippen molar-refractivity contribution in [1.29, 1.82) is 0 Å². The fourth-order valence-electron chi connectivity index (χ4n) is 1.40. The third-order valence-corrected chi connectivity index (χ3v) is 3.38. The highest BCUT2D eigenvalue weighted by atomic mass is 35.5. The molecule has 0 spiro atoms. The topological polar surface area (TPSA) is 115 Å². The molecule has 0 aliphatic rings. The minimum atomic E-state index is -4.85. The summed E-state index contributed by atoms with van der Waals surface area (Å²) in [5, 5.41) is 17.1. The van der Waals surface area contributed by atoms with Gasteiger partial charge in [-0.15, -0.1) is 0 Å². The third-order valence-electron chi connectivity index (χ3n) is 2.29. The highest BCUT2D eigenvalue weighted by Crippen LogP contribution is 2.40. The zero-order chi connectivity index (χ0) is 16.4. The zero-order valence-electron chi connectivity index (χ0n) is 10.1. The van der Waals surface area contributed by atoms with Crippen LogP contribution in [0.3, 0.4) is 0 Å². The van der Waals surface area contributed by atoms with Crippen LogP contribution < -0.4 is 10.5 Å². The summed E-state index contributed by atoms with van der Waals surface area (Å²) in [5.41, 5.74) is -2.56. The van der Waals surface area contributed by atoms with Gasteiger partial charge in [-0.25, -0.2) is 13.6 Å². The van der Waals surface area contributed by atoms with Crippen molar-refractivity contribution in [1.82, 2.24) is 0 Å². The number of hydrogen-bond acceptors (Lipinski definition) is 5. The molecule has 0 radical (unpaired) electrons. The van der Waals surface area contributed by atoms with Crippen molar-refractivity contribution in [3.05, 3.63) is 32.8 Å². The molecule has 0 saturated carbocycles. The minimum absolute atomic E-state index is 0.279. The molecule has 0 heterocycles. The van der Waals surface area contributed by atoms with Gasteiger partial charge in [0.25, 0.3) is 5.69 Å². The van der Waals surface area contributed by atoms with Crippen LogP contribution in [0.25, 0.3) is 0 Å². The van der Waals surface area contributed by atoms with E-state index in [0.717, 1.165) is 0 Å². The summed E-state index contributed by atoms with van der Waals surface area (Å²) in [5.74, 6) is -0.553. The van der Waals surface area contributed by atoms with Gasteiger partial charge < -0.3 is 5.32 Å². The maximum absolute atomic E-state index is 12.6. The fourth-order valence-corrected chi connectivity index (χ4v) is 2.06. The van der Waals surface area contributed by atoms with Gasteiger partial charge in [-0.2, -0.15) is 13.2 Å². The molecular weight excluding hydrogens is 339 g/mol. The van der Waals surface area contributed by atoms with Gasteiger partial charge in [0.15, 0.2) is 0 Å². The molecule has 0 atom stereocenters. The van der Waals surface area contributed by atoms with Gasteiger partial charge in [0.05, 0.1) is 21.3 Å². The molecule has 1 rings (SSSR count). The van der Waals surface area contributed by atoms with Crippen LogP contribution in [-0.4, -0.2) is 25.6 Å². The normalized spacial score (nSPS) is 12.2. The van der Waals surface area contributed by atoms with Crippen LogP contribution in [-0.2, 0) is 16.2 Å². The number of hydrogen-bond donors (Lipinski definition) is 2. The van der Waals surface area contributed by atoms with Crippen molar-refractivity contribution in [3.8, 4) is 0 Å². The van der Waals surface area contributed by atoms with Crippen molar-refractivity contribution >= 4 is 33.0 Å². The number of nitrogens with zero attached hydrogens (tertiary/aromatic N) is 1. The predicted octanol–water partition coefficient (Wildman–Crippen LogP) is 1.97. The molecule has 0 fully saturated rings. The average Bonchev–Trinajstić information content (AvgIpc) is 2.24. The van der Waals surface area contributed by atoms with Gasteiger partial charge in [-0.1, -0.05) is 11.6 Å². The smallest absolute Gasteiger partial charge is 0.378 e. The molecule has 0 amide bonds. The van der Waals surface area contributed by atoms with Crippen LogP contribution in [0.15, 0.2) is 12.1 Å². The molecule has 7 nitrogen and oxygen atoms in total. The number of nitro groups is 1. The Kier molecular flexibility index (Phi) is 5.02. The van der Waals surface area contributed by atoms with Crippen molar-refractivity contribution in [2.45, 2.75) is 6.18 Å². The summed E-state index contributed by atoms with van der Waals surface area (Å²) < 4.78 is 59.3. The Hall–Kier alpha value is -1.59. The molecule has 0 aromatic heterocycles. The third kappa shape index (κ3) is 5.02. The molecule has 0 unspecified atom stereocenters. The number of benzene rings is 1. The quantitative estimate of drug-likeness (QED) is 0.624. The Morgan fingerprint density at radius 2 is 1.95 bits per heavy atom. The maximum Gasteiger partial charge on any atom is 0.418 e. The number of nitrogens with two attached hydrogens (primary N) is 1. The molecule has 1 aromatic rings. The van der Waals surface area contributed by atoms with E-state index in [1.54, 1.807) is 0 Å². The minimum Gasteiger partial charge on any atom is -0.378 e. The van der Waals surface area contributed by atoms with Gasteiger partial charge in [0, 0.05) is 12.6 Å². The van der Waals surface area contributed by atoms with E-state index in [2.05, 4.69) is 5.32 Å². The molecule has 0 aliphatic heterocycles. The van der Waals surface area contributed by atoms with E-state index in [9.17, 15) is 31.7 Å². The highest BCUT2D eigenvalue weighted by Gasteiger charge is 2.36. The number of rotatable bonds is 5. The molecule has 21 heavy (non-hydrogen) atoms. The second-order valence-corrected chi connectivity index (χ2v) is 6.04. The first-order valence-corrected chi connectivity index (χ1v) is 7.30. The standard InChI is InChI=1S/C9H9ClF3N3O4S/c10-6-4-7(15-1-2-21(14,19)20)8(16(17)18)3-5(6)9(11,12)13/h3-4,15H,1-2H2,(H2,14,19,20). The number of primary sulfonamides is 1. The first-order chi connectivity index (χ1) is 9.42. The van der Waals surface area contributed by atoms with Gasteiger partial charge >= 0.3 is 6.18 Å². The predicted molar refractivity (Wildman–Crippen MR) is 69.6 cm³/mol. The van der Waals surface area contributed by atoms with E-state index in [0.29, 0.717) is 6.07 Å². The Balaban J connectivity index is 3.15. The maximum atomic E-state index is 12.6. The van der Waals surface area contributed by atoms with Crippen molar-refractivity contribution in [3.63, 3.8) is 0 Å². The number of alkyl halides is 3. The van der Waals surface area contributed by atoms with Gasteiger partial charge in [-0.05, 0) is 6.07 Å². The summed E-state index contributed by atoms with van der Waals surface area (Å²) in [6.45, 7) is -0.318. The summed E-state index contributed by atoms with van der Waals surface area (Å²) in [4.78, 5) is 9.75. The lowest BCUT2D eigenvalue weighted by Gasteiger charge is -2.12. The van der Waals surface area contributed by atoms with Crippen LogP contribution in [0.4, 0.5) is 24.5 Å². The second-order valence-electron chi connectivity index (χ2n) is 3.90. The Morgan fingerprint density at radius 1 is 1.38 bits per heavy atom. The lowest BCUT2D eigenvalue weighted by Crippen LogP contribution is -2.22. The van der Waals surface area contributed by atoms with Crippen LogP contribution >= 0.6 is 11.6 Å². The molecule has 0 bridgehead atoms. The van der Waals surface area contributed by atoms with E-state index in [1.807, 2.05) is 0 Å². The van der Waals surface area contributed by atoms with E-state index < -0.39 is 43.1 Å². The van der Waals surface area contributed by atoms with Crippen molar-refractivity contribution < 1.29 is 26.5 Å². The molecule has 1 aromatic carbocycles. The van der Waals surface area contributed by atoms with Crippen LogP contribution in [0.5, 0.6) is 0 Å². The molecule has 118 valence electrons. The van der Waals surface area contributed by atoms with Gasteiger partial charge in [0.1, 0.15) is 5.69 Å². The first kappa shape index (κ1) is 17.5. The van der Waals surface area contributed by atoms with E-state index in [1.165, 1.54) is 0 Å². The number of anilines is 1. The molecular formula is C9H9ClF3N3O4S. The molecule has 0 saturated heterocycles. The largest absolute Gasteiger partial charge is 0.418 e. The van der Waals surface area contributed by atoms with Gasteiger partial charge in [0.2, 0.25) is 10.0 Å². The summed E-state index contributed by atoms with van der Waals surface area (Å²) >= 11 is 5.43. The fraction of sp³-hybridized carbons (Fsp3) is 0.333. The van der Waals surface area contributed by atoms with Crippen molar-refractivity contribution in [2.75, 3.05) is 17.6 Å². The number of nitrogens with one attached hydrogen (secondary N) is 1. The van der Waals surface area contributed by atoms with Crippen LogP contribution in [0, 0.1) is 10.1 Å². The Morgan fingerprint density at radius 3 is 2.38 bits per heavy atom. The van der Waals surface area contributed by atoms with E-state index in [-0.39, 0.29) is 18.3 Å². The monoisotopic (exact) mass is 347 g/mol. The number of halogens is 4. The lowest BCUT2D eigenvalue weighted by atomic mass is 10.1. The SMILES string of the molecule is NS(=O)(=O)CCNc1cc(Cl)c(C(F)(F)F)cc1[N+](=O)[O-]. The highest BCUT2D eigenvalue weighted by molar-refractivity contribution is 7.89. The van der Waals surface area contributed by atoms with Crippen LogP contribution in [0.2, 0.25) is 5.02 Å². The first-order valence-electron chi connectivity index (χ1n) is 5.21.